The largest absolute Gasteiger partial charge is 0.492 e. The molecule has 0 radical (unpaired) electrons. The molecule has 0 saturated carbocycles. The normalized spacial score (nSPS) is 24.3. The number of aliphatic hydroxyl groups excluding tert-OH is 1. The van der Waals surface area contributed by atoms with Gasteiger partial charge in [-0.05, 0) is 29.8 Å². The number of rotatable bonds is 3. The van der Waals surface area contributed by atoms with E-state index >= 15 is 0 Å². The summed E-state index contributed by atoms with van der Waals surface area (Å²) in [6.45, 7) is 0.132. The molecule has 0 saturated heterocycles. The van der Waals surface area contributed by atoms with E-state index in [2.05, 4.69) is 0 Å². The summed E-state index contributed by atoms with van der Waals surface area (Å²) in [4.78, 5) is 0.574. The van der Waals surface area contributed by atoms with Gasteiger partial charge in [0.25, 0.3) is 0 Å². The summed E-state index contributed by atoms with van der Waals surface area (Å²) in [7, 11) is -1.25. The van der Waals surface area contributed by atoms with Crippen LogP contribution in [-0.4, -0.2) is 27.8 Å². The van der Waals surface area contributed by atoms with Crippen molar-refractivity contribution >= 4 is 15.7 Å². The summed E-state index contributed by atoms with van der Waals surface area (Å²) in [5, 5.41) is 9.59. The molecule has 2 aliphatic heterocycles. The lowest BCUT2D eigenvalue weighted by Gasteiger charge is -2.28. The third kappa shape index (κ3) is 3.66. The number of ether oxygens (including phenoxy) is 2. The molecular formula is C20H17F3O4S. The Morgan fingerprint density at radius 2 is 1.89 bits per heavy atom. The summed E-state index contributed by atoms with van der Waals surface area (Å²) >= 11 is 0. The van der Waals surface area contributed by atoms with Gasteiger partial charge in [0.15, 0.2) is 0 Å². The third-order valence-corrected chi connectivity index (χ3v) is 6.16. The predicted octanol–water partition coefficient (Wildman–Crippen LogP) is 4.07. The van der Waals surface area contributed by atoms with Crippen LogP contribution in [0, 0.1) is 0 Å². The fourth-order valence-corrected chi connectivity index (χ4v) is 4.67. The van der Waals surface area contributed by atoms with Crippen molar-refractivity contribution in [1.29, 1.82) is 0 Å². The zero-order chi connectivity index (χ0) is 19.9. The van der Waals surface area contributed by atoms with Crippen LogP contribution in [0.1, 0.15) is 29.2 Å². The molecule has 2 heterocycles. The number of hydrogen-bond acceptors (Lipinski definition) is 4. The maximum atomic E-state index is 13.2. The predicted molar refractivity (Wildman–Crippen MR) is 98.4 cm³/mol. The van der Waals surface area contributed by atoms with E-state index in [-0.39, 0.29) is 18.1 Å². The molecule has 0 bridgehead atoms. The van der Waals surface area contributed by atoms with Crippen LogP contribution in [0.15, 0.2) is 48.5 Å². The van der Waals surface area contributed by atoms with Gasteiger partial charge in [-0.3, -0.25) is 4.21 Å². The number of alkyl halides is 3. The Kier molecular flexibility index (Phi) is 4.93. The van der Waals surface area contributed by atoms with Crippen LogP contribution in [0.5, 0.6) is 11.5 Å². The number of fused-ring (bicyclic) bond motifs is 1. The maximum Gasteiger partial charge on any atom is 0.419 e. The van der Waals surface area contributed by atoms with E-state index in [1.807, 2.05) is 0 Å². The number of benzene rings is 2. The Balaban J connectivity index is 1.57. The number of hydrogen-bond donors (Lipinski definition) is 1. The molecule has 0 aliphatic carbocycles. The minimum atomic E-state index is -4.50. The van der Waals surface area contributed by atoms with Crippen molar-refractivity contribution in [2.24, 2.45) is 0 Å². The van der Waals surface area contributed by atoms with Gasteiger partial charge in [0.05, 0.1) is 34.8 Å². The van der Waals surface area contributed by atoms with Crippen LogP contribution in [-0.2, 0) is 17.0 Å². The van der Waals surface area contributed by atoms with Crippen molar-refractivity contribution in [2.45, 2.75) is 24.8 Å². The van der Waals surface area contributed by atoms with Crippen molar-refractivity contribution in [3.8, 4) is 11.5 Å². The lowest BCUT2D eigenvalue weighted by atomic mass is 9.99. The average molecular weight is 410 g/mol. The van der Waals surface area contributed by atoms with E-state index in [9.17, 15) is 22.5 Å². The standard InChI is InChI=1S/C20H17F3O4S/c21-20(22,23)16-3-1-2-15-17(8-9-26-19(15)16)27-14-6-4-12(5-7-14)18-10-13(24)11-28(18)25/h1-7,10,13,17,24H,8-9,11H2. The fourth-order valence-electron chi connectivity index (χ4n) is 3.37. The number of aliphatic hydroxyl groups is 1. The van der Waals surface area contributed by atoms with Gasteiger partial charge in [-0.1, -0.05) is 24.3 Å². The monoisotopic (exact) mass is 410 g/mol. The van der Waals surface area contributed by atoms with Gasteiger partial charge in [-0.15, -0.1) is 0 Å². The molecule has 2 aromatic carbocycles. The van der Waals surface area contributed by atoms with Crippen molar-refractivity contribution in [1.82, 2.24) is 0 Å². The highest BCUT2D eigenvalue weighted by Gasteiger charge is 2.38. The van der Waals surface area contributed by atoms with Crippen molar-refractivity contribution < 1.29 is 32.0 Å². The first-order chi connectivity index (χ1) is 13.3. The Labute approximate surface area is 162 Å². The molecule has 0 aromatic heterocycles. The first-order valence-electron chi connectivity index (χ1n) is 8.71. The molecule has 1 N–H and O–H groups in total. The Hall–Kier alpha value is -2.32. The Morgan fingerprint density at radius 1 is 1.14 bits per heavy atom. The molecule has 4 nitrogen and oxygen atoms in total. The molecule has 148 valence electrons. The molecule has 4 rings (SSSR count). The van der Waals surface area contributed by atoms with E-state index in [0.29, 0.717) is 28.2 Å². The van der Waals surface area contributed by atoms with Crippen LogP contribution >= 0.6 is 0 Å². The molecule has 8 heteroatoms. The van der Waals surface area contributed by atoms with Crippen molar-refractivity contribution in [2.75, 3.05) is 12.4 Å². The van der Waals surface area contributed by atoms with E-state index in [0.717, 1.165) is 6.07 Å². The van der Waals surface area contributed by atoms with Gasteiger partial charge in [0.1, 0.15) is 17.6 Å². The lowest BCUT2D eigenvalue weighted by molar-refractivity contribution is -0.139. The highest BCUT2D eigenvalue weighted by atomic mass is 32.2. The van der Waals surface area contributed by atoms with Crippen molar-refractivity contribution in [3.05, 3.63) is 65.2 Å². The van der Waals surface area contributed by atoms with Crippen LogP contribution in [0.2, 0.25) is 0 Å². The van der Waals surface area contributed by atoms with Crippen LogP contribution < -0.4 is 9.47 Å². The molecule has 2 aliphatic rings. The number of halogens is 3. The second kappa shape index (κ2) is 7.25. The zero-order valence-corrected chi connectivity index (χ0v) is 15.4. The Morgan fingerprint density at radius 3 is 2.54 bits per heavy atom. The molecule has 0 amide bonds. The highest BCUT2D eigenvalue weighted by Crippen LogP contribution is 2.44. The molecular weight excluding hydrogens is 393 g/mol. The highest BCUT2D eigenvalue weighted by molar-refractivity contribution is 7.95. The summed E-state index contributed by atoms with van der Waals surface area (Å²) in [5.74, 6) is 0.501. The average Bonchev–Trinajstić information content (AvgIpc) is 2.99. The summed E-state index contributed by atoms with van der Waals surface area (Å²) in [6.07, 6.45) is -3.77. The molecule has 0 fully saturated rings. The van der Waals surface area contributed by atoms with Gasteiger partial charge < -0.3 is 14.6 Å². The molecule has 2 aromatic rings. The number of para-hydroxylation sites is 1. The fraction of sp³-hybridized carbons (Fsp3) is 0.300. The quantitative estimate of drug-likeness (QED) is 0.829. The van der Waals surface area contributed by atoms with Crippen LogP contribution in [0.3, 0.4) is 0 Å². The van der Waals surface area contributed by atoms with Gasteiger partial charge >= 0.3 is 6.18 Å². The van der Waals surface area contributed by atoms with E-state index < -0.39 is 34.7 Å². The zero-order valence-electron chi connectivity index (χ0n) is 14.6. The smallest absolute Gasteiger partial charge is 0.419 e. The second-order valence-corrected chi connectivity index (χ2v) is 8.06. The van der Waals surface area contributed by atoms with Crippen molar-refractivity contribution in [3.63, 3.8) is 0 Å². The SMILES string of the molecule is O=S1CC(O)C=C1c1ccc(OC2CCOc3c2cccc3C(F)(F)F)cc1. The Bertz CT molecular complexity index is 937. The van der Waals surface area contributed by atoms with Gasteiger partial charge in [-0.25, -0.2) is 0 Å². The second-order valence-electron chi connectivity index (χ2n) is 6.60. The van der Waals surface area contributed by atoms with E-state index in [1.54, 1.807) is 36.4 Å². The maximum absolute atomic E-state index is 13.2. The molecule has 3 atom stereocenters. The van der Waals surface area contributed by atoms with Crippen LogP contribution in [0.25, 0.3) is 4.91 Å². The first-order valence-corrected chi connectivity index (χ1v) is 10.0. The lowest BCUT2D eigenvalue weighted by Crippen LogP contribution is -2.21. The van der Waals surface area contributed by atoms with Gasteiger partial charge in [-0.2, -0.15) is 13.2 Å². The van der Waals surface area contributed by atoms with Gasteiger partial charge in [0.2, 0.25) is 0 Å². The minimum Gasteiger partial charge on any atom is -0.492 e. The van der Waals surface area contributed by atoms with E-state index in [1.165, 1.54) is 6.07 Å². The van der Waals surface area contributed by atoms with E-state index in [4.69, 9.17) is 9.47 Å². The first kappa shape index (κ1) is 19.0. The summed E-state index contributed by atoms with van der Waals surface area (Å²) < 4.78 is 62.8. The van der Waals surface area contributed by atoms with Crippen LogP contribution in [0.4, 0.5) is 13.2 Å². The summed E-state index contributed by atoms with van der Waals surface area (Å²) in [5.41, 5.74) is 0.282. The molecule has 28 heavy (non-hydrogen) atoms. The summed E-state index contributed by atoms with van der Waals surface area (Å²) in [6, 6.07) is 10.7. The molecule has 0 spiro atoms. The molecule has 3 unspecified atom stereocenters. The topological polar surface area (TPSA) is 55.8 Å². The minimum absolute atomic E-state index is 0.132. The third-order valence-electron chi connectivity index (χ3n) is 4.65. The van der Waals surface area contributed by atoms with Gasteiger partial charge in [0, 0.05) is 16.9 Å².